The molecule has 0 saturated heterocycles. The Labute approximate surface area is 202 Å². The number of imide groups is 1. The molecule has 10 heteroatoms. The SMILES string of the molecule is CCc1ccc(Cl)c(C(=O)NC(=O)Nc2ccc(S(=O)(=O)Nc3ccc4c(c3)CNC4)cc2)c1. The van der Waals surface area contributed by atoms with Crippen LogP contribution >= 0.6 is 11.6 Å². The third-order valence-corrected chi connectivity index (χ3v) is 7.15. The van der Waals surface area contributed by atoms with Gasteiger partial charge < -0.3 is 10.6 Å². The molecule has 1 aliphatic rings. The van der Waals surface area contributed by atoms with Crippen molar-refractivity contribution in [1.29, 1.82) is 0 Å². The number of carbonyl (C=O) groups excluding carboxylic acids is 2. The number of hydrogen-bond acceptors (Lipinski definition) is 5. The Bertz CT molecular complexity index is 1360. The first-order chi connectivity index (χ1) is 16.2. The van der Waals surface area contributed by atoms with Gasteiger partial charge in [-0.1, -0.05) is 30.7 Å². The molecular weight excluding hydrogens is 476 g/mol. The van der Waals surface area contributed by atoms with Gasteiger partial charge in [0.25, 0.3) is 15.9 Å². The van der Waals surface area contributed by atoms with Crippen LogP contribution in [0.5, 0.6) is 0 Å². The van der Waals surface area contributed by atoms with Crippen LogP contribution in [0.4, 0.5) is 16.2 Å². The topological polar surface area (TPSA) is 116 Å². The highest BCUT2D eigenvalue weighted by atomic mass is 35.5. The Kier molecular flexibility index (Phi) is 6.87. The number of sulfonamides is 1. The summed E-state index contributed by atoms with van der Waals surface area (Å²) in [6.07, 6.45) is 0.720. The summed E-state index contributed by atoms with van der Waals surface area (Å²) in [5.41, 5.74) is 4.12. The smallest absolute Gasteiger partial charge is 0.309 e. The summed E-state index contributed by atoms with van der Waals surface area (Å²) in [5.74, 6) is -0.634. The number of rotatable bonds is 6. The lowest BCUT2D eigenvalue weighted by atomic mass is 10.1. The molecule has 3 amide bonds. The molecule has 0 spiro atoms. The number of halogens is 1. The molecule has 0 atom stereocenters. The van der Waals surface area contributed by atoms with E-state index in [2.05, 4.69) is 20.7 Å². The minimum atomic E-state index is -3.81. The minimum absolute atomic E-state index is 0.0383. The Balaban J connectivity index is 1.39. The van der Waals surface area contributed by atoms with Crippen molar-refractivity contribution in [2.24, 2.45) is 0 Å². The van der Waals surface area contributed by atoms with Crippen molar-refractivity contribution in [2.45, 2.75) is 31.3 Å². The maximum Gasteiger partial charge on any atom is 0.326 e. The quantitative estimate of drug-likeness (QED) is 0.405. The molecule has 0 aliphatic carbocycles. The van der Waals surface area contributed by atoms with Crippen LogP contribution in [-0.4, -0.2) is 20.4 Å². The maximum atomic E-state index is 12.7. The van der Waals surface area contributed by atoms with Gasteiger partial charge in [-0.3, -0.25) is 14.8 Å². The molecule has 1 aliphatic heterocycles. The van der Waals surface area contributed by atoms with E-state index in [1.807, 2.05) is 25.1 Å². The van der Waals surface area contributed by atoms with Crippen LogP contribution in [0.15, 0.2) is 65.6 Å². The first-order valence-electron chi connectivity index (χ1n) is 10.6. The molecule has 176 valence electrons. The molecule has 0 bridgehead atoms. The van der Waals surface area contributed by atoms with Crippen molar-refractivity contribution in [3.63, 3.8) is 0 Å². The van der Waals surface area contributed by atoms with E-state index in [4.69, 9.17) is 11.6 Å². The lowest BCUT2D eigenvalue weighted by molar-refractivity contribution is 0.0967. The van der Waals surface area contributed by atoms with Crippen LogP contribution in [0.2, 0.25) is 5.02 Å². The van der Waals surface area contributed by atoms with Gasteiger partial charge in [-0.05, 0) is 71.6 Å². The van der Waals surface area contributed by atoms with Gasteiger partial charge in [0.15, 0.2) is 0 Å². The fourth-order valence-corrected chi connectivity index (χ4v) is 4.84. The van der Waals surface area contributed by atoms with Gasteiger partial charge in [-0.2, -0.15) is 0 Å². The van der Waals surface area contributed by atoms with E-state index in [1.54, 1.807) is 18.2 Å². The molecule has 0 fully saturated rings. The Morgan fingerprint density at radius 3 is 2.38 bits per heavy atom. The zero-order chi connectivity index (χ0) is 24.3. The molecule has 4 rings (SSSR count). The molecule has 8 nitrogen and oxygen atoms in total. The molecule has 3 aromatic carbocycles. The van der Waals surface area contributed by atoms with Crippen LogP contribution in [0.25, 0.3) is 0 Å². The van der Waals surface area contributed by atoms with Crippen molar-refractivity contribution in [2.75, 3.05) is 10.0 Å². The third kappa shape index (κ3) is 5.39. The number of aryl methyl sites for hydroxylation is 1. The van der Waals surface area contributed by atoms with E-state index in [0.29, 0.717) is 17.9 Å². The minimum Gasteiger partial charge on any atom is -0.309 e. The fourth-order valence-electron chi connectivity index (χ4n) is 3.59. The molecule has 3 aromatic rings. The fraction of sp³-hybridized carbons (Fsp3) is 0.167. The average Bonchev–Trinajstić information content (AvgIpc) is 3.27. The predicted octanol–water partition coefficient (Wildman–Crippen LogP) is 4.27. The summed E-state index contributed by atoms with van der Waals surface area (Å²) in [7, 11) is -3.81. The maximum absolute atomic E-state index is 12.7. The first kappa shape index (κ1) is 23.7. The largest absolute Gasteiger partial charge is 0.326 e. The van der Waals surface area contributed by atoms with E-state index in [-0.39, 0.29) is 15.5 Å². The van der Waals surface area contributed by atoms with Gasteiger partial charge in [0, 0.05) is 24.5 Å². The molecule has 0 aromatic heterocycles. The van der Waals surface area contributed by atoms with Gasteiger partial charge in [0.1, 0.15) is 0 Å². The second-order valence-electron chi connectivity index (χ2n) is 7.79. The van der Waals surface area contributed by atoms with Crippen molar-refractivity contribution >= 4 is 44.9 Å². The number of urea groups is 1. The Morgan fingerprint density at radius 2 is 1.65 bits per heavy atom. The molecular formula is C24H23ClN4O4S. The third-order valence-electron chi connectivity index (χ3n) is 5.42. The second-order valence-corrected chi connectivity index (χ2v) is 9.88. The van der Waals surface area contributed by atoms with E-state index >= 15 is 0 Å². The Morgan fingerprint density at radius 1 is 0.941 bits per heavy atom. The number of fused-ring (bicyclic) bond motifs is 1. The average molecular weight is 499 g/mol. The highest BCUT2D eigenvalue weighted by Crippen LogP contribution is 2.23. The summed E-state index contributed by atoms with van der Waals surface area (Å²) in [6, 6.07) is 15.4. The Hall–Kier alpha value is -3.40. The van der Waals surface area contributed by atoms with Gasteiger partial charge in [-0.15, -0.1) is 0 Å². The van der Waals surface area contributed by atoms with Crippen molar-refractivity contribution in [3.8, 4) is 0 Å². The summed E-state index contributed by atoms with van der Waals surface area (Å²) in [6.45, 7) is 3.42. The zero-order valence-corrected chi connectivity index (χ0v) is 19.9. The predicted molar refractivity (Wildman–Crippen MR) is 132 cm³/mol. The number of benzene rings is 3. The standard InChI is InChI=1S/C24H23ClN4O4S/c1-2-15-3-10-22(25)21(11-15)23(30)28-24(31)27-18-6-8-20(9-7-18)34(32,33)29-19-5-4-16-13-26-14-17(16)12-19/h3-12,26,29H,2,13-14H2,1H3,(H2,27,28,30,31). The molecule has 0 saturated carbocycles. The highest BCUT2D eigenvalue weighted by Gasteiger charge is 2.18. The van der Waals surface area contributed by atoms with Gasteiger partial charge in [0.2, 0.25) is 0 Å². The second kappa shape index (κ2) is 9.84. The van der Waals surface area contributed by atoms with Crippen LogP contribution in [0.1, 0.15) is 34.0 Å². The number of hydrogen-bond donors (Lipinski definition) is 4. The van der Waals surface area contributed by atoms with Crippen LogP contribution in [-0.2, 0) is 29.5 Å². The van der Waals surface area contributed by atoms with E-state index in [1.165, 1.54) is 24.3 Å². The normalized spacial score (nSPS) is 12.6. The van der Waals surface area contributed by atoms with Crippen molar-refractivity contribution < 1.29 is 18.0 Å². The summed E-state index contributed by atoms with van der Waals surface area (Å²) in [4.78, 5) is 24.7. The van der Waals surface area contributed by atoms with Crippen molar-refractivity contribution in [1.82, 2.24) is 10.6 Å². The van der Waals surface area contributed by atoms with Crippen molar-refractivity contribution in [3.05, 3.63) is 87.9 Å². The van der Waals surface area contributed by atoms with Gasteiger partial charge >= 0.3 is 6.03 Å². The first-order valence-corrected chi connectivity index (χ1v) is 12.5. The van der Waals surface area contributed by atoms with E-state index in [0.717, 1.165) is 29.7 Å². The number of nitrogens with one attached hydrogen (secondary N) is 4. The molecule has 0 unspecified atom stereocenters. The van der Waals surface area contributed by atoms with Crippen LogP contribution in [0.3, 0.4) is 0 Å². The molecule has 1 heterocycles. The summed E-state index contributed by atoms with van der Waals surface area (Å²) < 4.78 is 28.0. The molecule has 4 N–H and O–H groups in total. The lowest BCUT2D eigenvalue weighted by Gasteiger charge is -2.11. The van der Waals surface area contributed by atoms with E-state index < -0.39 is 22.0 Å². The summed E-state index contributed by atoms with van der Waals surface area (Å²) >= 11 is 6.08. The zero-order valence-electron chi connectivity index (χ0n) is 18.3. The monoisotopic (exact) mass is 498 g/mol. The van der Waals surface area contributed by atoms with Gasteiger partial charge in [0.05, 0.1) is 15.5 Å². The number of amides is 3. The van der Waals surface area contributed by atoms with Crippen LogP contribution < -0.4 is 20.7 Å². The molecule has 34 heavy (non-hydrogen) atoms. The number of anilines is 2. The summed E-state index contributed by atoms with van der Waals surface area (Å²) in [5, 5.41) is 8.19. The van der Waals surface area contributed by atoms with E-state index in [9.17, 15) is 18.0 Å². The highest BCUT2D eigenvalue weighted by molar-refractivity contribution is 7.92. The number of carbonyl (C=O) groups is 2. The van der Waals surface area contributed by atoms with Gasteiger partial charge in [-0.25, -0.2) is 13.2 Å². The lowest BCUT2D eigenvalue weighted by Crippen LogP contribution is -2.34. The molecule has 0 radical (unpaired) electrons. The van der Waals surface area contributed by atoms with Crippen LogP contribution in [0, 0.1) is 0 Å².